The zero-order valence-corrected chi connectivity index (χ0v) is 12.5. The van der Waals surface area contributed by atoms with Crippen molar-refractivity contribution in [3.05, 3.63) is 0 Å². The number of likely N-dealkylation sites (tertiary alicyclic amines) is 1. The molecule has 2 heterocycles. The summed E-state index contributed by atoms with van der Waals surface area (Å²) in [7, 11) is 2.19. The van der Waals surface area contributed by atoms with Gasteiger partial charge in [0.2, 0.25) is 5.91 Å². The third-order valence-corrected chi connectivity index (χ3v) is 4.37. The molecule has 2 fully saturated rings. The van der Waals surface area contributed by atoms with E-state index in [4.69, 9.17) is 6.42 Å². The largest absolute Gasteiger partial charge is 0.339 e. The maximum absolute atomic E-state index is 12.0. The van der Waals surface area contributed by atoms with E-state index >= 15 is 0 Å². The number of nitrogens with one attached hydrogen (secondary N) is 1. The van der Waals surface area contributed by atoms with E-state index in [1.54, 1.807) is 0 Å². The first-order valence-electron chi connectivity index (χ1n) is 7.55. The summed E-state index contributed by atoms with van der Waals surface area (Å²) in [5.74, 6) is 2.66. The van der Waals surface area contributed by atoms with Gasteiger partial charge in [-0.1, -0.05) is 5.92 Å². The molecule has 0 spiro atoms. The fourth-order valence-electron chi connectivity index (χ4n) is 3.05. The molecule has 0 aromatic carbocycles. The van der Waals surface area contributed by atoms with Gasteiger partial charge < -0.3 is 9.80 Å². The minimum atomic E-state index is 0.170. The van der Waals surface area contributed by atoms with Crippen LogP contribution < -0.4 is 5.32 Å². The van der Waals surface area contributed by atoms with Crippen LogP contribution in [0.1, 0.15) is 12.8 Å². The lowest BCUT2D eigenvalue weighted by atomic mass is 10.0. The van der Waals surface area contributed by atoms with Gasteiger partial charge in [-0.2, -0.15) is 0 Å². The van der Waals surface area contributed by atoms with Crippen molar-refractivity contribution in [1.82, 2.24) is 20.0 Å². The molecule has 5 nitrogen and oxygen atoms in total. The molecule has 0 bridgehead atoms. The van der Waals surface area contributed by atoms with Crippen LogP contribution in [-0.2, 0) is 4.79 Å². The molecule has 112 valence electrons. The number of carbonyl (C=O) groups is 1. The molecular formula is C15H26N4O. The molecule has 2 aliphatic heterocycles. The number of carbonyl (C=O) groups excluding carboxylic acids is 1. The van der Waals surface area contributed by atoms with Crippen LogP contribution in [0.3, 0.4) is 0 Å². The Morgan fingerprint density at radius 2 is 1.85 bits per heavy atom. The van der Waals surface area contributed by atoms with Crippen LogP contribution in [0.5, 0.6) is 0 Å². The van der Waals surface area contributed by atoms with Crippen molar-refractivity contribution >= 4 is 5.91 Å². The van der Waals surface area contributed by atoms with Crippen molar-refractivity contribution in [2.24, 2.45) is 0 Å². The molecule has 0 atom stereocenters. The summed E-state index contributed by atoms with van der Waals surface area (Å²) in [5, 5.41) is 2.97. The van der Waals surface area contributed by atoms with E-state index < -0.39 is 0 Å². The van der Waals surface area contributed by atoms with Crippen LogP contribution in [0.25, 0.3) is 0 Å². The molecule has 2 saturated heterocycles. The first kappa shape index (κ1) is 15.3. The van der Waals surface area contributed by atoms with Crippen LogP contribution >= 0.6 is 0 Å². The highest BCUT2D eigenvalue weighted by molar-refractivity contribution is 5.78. The summed E-state index contributed by atoms with van der Waals surface area (Å²) in [6.45, 7) is 6.93. The second kappa shape index (κ2) is 7.63. The van der Waals surface area contributed by atoms with Crippen LogP contribution in [0.15, 0.2) is 0 Å². The van der Waals surface area contributed by atoms with Crippen molar-refractivity contribution < 1.29 is 4.79 Å². The van der Waals surface area contributed by atoms with E-state index in [0.29, 0.717) is 19.1 Å². The van der Waals surface area contributed by atoms with Crippen LogP contribution in [0, 0.1) is 12.3 Å². The number of hydrogen-bond donors (Lipinski definition) is 1. The third-order valence-electron chi connectivity index (χ3n) is 4.37. The lowest BCUT2D eigenvalue weighted by Crippen LogP contribution is -2.55. The molecule has 0 saturated carbocycles. The van der Waals surface area contributed by atoms with Crippen molar-refractivity contribution in [3.63, 3.8) is 0 Å². The Bertz CT molecular complexity index is 349. The Labute approximate surface area is 122 Å². The highest BCUT2D eigenvalue weighted by Crippen LogP contribution is 2.17. The number of piperidine rings is 1. The molecule has 0 aromatic rings. The lowest BCUT2D eigenvalue weighted by molar-refractivity contribution is -0.132. The van der Waals surface area contributed by atoms with Gasteiger partial charge in [0.05, 0.1) is 13.1 Å². The predicted octanol–water partition coefficient (Wildman–Crippen LogP) is -0.552. The molecule has 1 N–H and O–H groups in total. The maximum atomic E-state index is 12.0. The predicted molar refractivity (Wildman–Crippen MR) is 80.4 cm³/mol. The van der Waals surface area contributed by atoms with Gasteiger partial charge in [-0.25, -0.2) is 0 Å². The van der Waals surface area contributed by atoms with Gasteiger partial charge in [0.1, 0.15) is 0 Å². The minimum Gasteiger partial charge on any atom is -0.339 e. The first-order valence-corrected chi connectivity index (χ1v) is 7.55. The van der Waals surface area contributed by atoms with Crippen molar-refractivity contribution in [2.75, 3.05) is 59.4 Å². The molecule has 2 aliphatic rings. The van der Waals surface area contributed by atoms with E-state index in [1.807, 2.05) is 4.90 Å². The summed E-state index contributed by atoms with van der Waals surface area (Å²) in [4.78, 5) is 18.9. The van der Waals surface area contributed by atoms with E-state index in [1.165, 1.54) is 25.9 Å². The summed E-state index contributed by atoms with van der Waals surface area (Å²) < 4.78 is 0. The normalized spacial score (nSPS) is 22.7. The molecular weight excluding hydrogens is 252 g/mol. The Balaban J connectivity index is 1.69. The number of rotatable bonds is 4. The van der Waals surface area contributed by atoms with E-state index in [-0.39, 0.29) is 5.91 Å². The molecule has 0 aliphatic carbocycles. The lowest BCUT2D eigenvalue weighted by Gasteiger charge is -2.42. The number of nitrogens with zero attached hydrogens (tertiary/aromatic N) is 3. The zero-order chi connectivity index (χ0) is 14.4. The molecule has 0 aromatic heterocycles. The Morgan fingerprint density at radius 3 is 2.45 bits per heavy atom. The number of terminal acetylenes is 1. The highest BCUT2D eigenvalue weighted by Gasteiger charge is 2.27. The van der Waals surface area contributed by atoms with Crippen molar-refractivity contribution in [2.45, 2.75) is 18.9 Å². The summed E-state index contributed by atoms with van der Waals surface area (Å²) in [6, 6.07) is 0.711. The van der Waals surface area contributed by atoms with Crippen molar-refractivity contribution in [3.8, 4) is 12.3 Å². The molecule has 0 unspecified atom stereocenters. The van der Waals surface area contributed by atoms with Gasteiger partial charge in [0.15, 0.2) is 0 Å². The van der Waals surface area contributed by atoms with Crippen LogP contribution in [-0.4, -0.2) is 86.1 Å². The topological polar surface area (TPSA) is 38.8 Å². The maximum Gasteiger partial charge on any atom is 0.236 e. The molecule has 20 heavy (non-hydrogen) atoms. The van der Waals surface area contributed by atoms with E-state index in [0.717, 1.165) is 26.2 Å². The van der Waals surface area contributed by atoms with Gasteiger partial charge in [-0.05, 0) is 33.0 Å². The van der Waals surface area contributed by atoms with Crippen LogP contribution in [0.4, 0.5) is 0 Å². The van der Waals surface area contributed by atoms with Gasteiger partial charge in [0, 0.05) is 32.2 Å². The number of hydrogen-bond acceptors (Lipinski definition) is 4. The van der Waals surface area contributed by atoms with Gasteiger partial charge >= 0.3 is 0 Å². The molecule has 1 amide bonds. The fourth-order valence-corrected chi connectivity index (χ4v) is 3.05. The Hall–Kier alpha value is -1.09. The smallest absolute Gasteiger partial charge is 0.236 e. The second-order valence-electron chi connectivity index (χ2n) is 5.76. The van der Waals surface area contributed by atoms with E-state index in [9.17, 15) is 4.79 Å². The summed E-state index contributed by atoms with van der Waals surface area (Å²) >= 11 is 0. The molecule has 0 radical (unpaired) electrons. The highest BCUT2D eigenvalue weighted by atomic mass is 16.2. The van der Waals surface area contributed by atoms with Crippen LogP contribution in [0.2, 0.25) is 0 Å². The Morgan fingerprint density at radius 1 is 1.20 bits per heavy atom. The Kier molecular flexibility index (Phi) is 5.84. The monoisotopic (exact) mass is 278 g/mol. The third kappa shape index (κ3) is 4.20. The second-order valence-corrected chi connectivity index (χ2v) is 5.76. The zero-order valence-electron chi connectivity index (χ0n) is 12.5. The average Bonchev–Trinajstić information content (AvgIpc) is 2.48. The van der Waals surface area contributed by atoms with Gasteiger partial charge in [0.25, 0.3) is 0 Å². The average molecular weight is 278 g/mol. The standard InChI is InChI=1S/C15H26N4O/c1-3-6-16-13-15(20)19-11-9-18(10-12-19)14-4-7-17(2)8-5-14/h1,14,16H,4-13H2,2H3. The van der Waals surface area contributed by atoms with Crippen molar-refractivity contribution in [1.29, 1.82) is 0 Å². The minimum absolute atomic E-state index is 0.170. The summed E-state index contributed by atoms with van der Waals surface area (Å²) in [5.41, 5.74) is 0. The van der Waals surface area contributed by atoms with E-state index in [2.05, 4.69) is 28.1 Å². The fraction of sp³-hybridized carbons (Fsp3) is 0.800. The first-order chi connectivity index (χ1) is 9.70. The molecule has 5 heteroatoms. The molecule has 2 rings (SSSR count). The number of amides is 1. The van der Waals surface area contributed by atoms with Gasteiger partial charge in [-0.3, -0.25) is 15.0 Å². The van der Waals surface area contributed by atoms with Gasteiger partial charge in [-0.15, -0.1) is 6.42 Å². The quantitative estimate of drug-likeness (QED) is 0.553. The summed E-state index contributed by atoms with van der Waals surface area (Å²) in [6.07, 6.45) is 7.67. The number of piperazine rings is 1. The SMILES string of the molecule is C#CCNCC(=O)N1CCN(C2CCN(C)CC2)CC1.